The first-order valence-corrected chi connectivity index (χ1v) is 22.9. The molecule has 67 heavy (non-hydrogen) atoms. The van der Waals surface area contributed by atoms with E-state index in [4.69, 9.17) is 0 Å². The first-order valence-electron chi connectivity index (χ1n) is 22.9. The largest absolute Gasteiger partial charge is 0.264 e. The average molecular weight is 849 g/mol. The molecule has 1 aliphatic rings. The maximum atomic E-state index is 9.83. The van der Waals surface area contributed by atoms with Crippen LogP contribution in [-0.4, -0.2) is 4.98 Å². The summed E-state index contributed by atoms with van der Waals surface area (Å²) in [7, 11) is 0. The summed E-state index contributed by atoms with van der Waals surface area (Å²) in [6, 6.07) is 84.3. The molecule has 1 aromatic heterocycles. The summed E-state index contributed by atoms with van der Waals surface area (Å²) in [5, 5.41) is 19.6. The number of rotatable bonds is 6. The zero-order chi connectivity index (χ0) is 44.4. The van der Waals surface area contributed by atoms with Crippen molar-refractivity contribution in [1.82, 2.24) is 4.98 Å². The Morgan fingerprint density at radius 3 is 1.45 bits per heavy atom. The van der Waals surface area contributed by atoms with Crippen molar-refractivity contribution < 1.29 is 0 Å². The number of benzene rings is 11. The summed E-state index contributed by atoms with van der Waals surface area (Å²) >= 11 is 0. The molecule has 1 aliphatic carbocycles. The molecule has 0 fully saturated rings. The molecule has 13 rings (SSSR count). The quantitative estimate of drug-likeness (QED) is 0.156. The van der Waals surface area contributed by atoms with Crippen LogP contribution in [0, 0.1) is 11.3 Å². The number of pyridine rings is 1. The van der Waals surface area contributed by atoms with Gasteiger partial charge in [0.25, 0.3) is 0 Å². The third-order valence-electron chi connectivity index (χ3n) is 14.1. The minimum Gasteiger partial charge on any atom is -0.264 e. The molecule has 11 aromatic carbocycles. The predicted molar refractivity (Wildman–Crippen MR) is 279 cm³/mol. The molecule has 1 heterocycles. The van der Waals surface area contributed by atoms with Gasteiger partial charge in [-0.25, -0.2) is 0 Å². The van der Waals surface area contributed by atoms with E-state index in [0.29, 0.717) is 5.56 Å². The van der Waals surface area contributed by atoms with Gasteiger partial charge in [-0.1, -0.05) is 188 Å². The van der Waals surface area contributed by atoms with Crippen molar-refractivity contribution in [2.75, 3.05) is 0 Å². The van der Waals surface area contributed by atoms with Crippen LogP contribution in [-0.2, 0) is 0 Å². The number of aromatic nitrogens is 1. The summed E-state index contributed by atoms with van der Waals surface area (Å²) in [5.74, 6) is 0.0593. The molecule has 0 radical (unpaired) electrons. The third kappa shape index (κ3) is 6.36. The van der Waals surface area contributed by atoms with Crippen molar-refractivity contribution in [2.24, 2.45) is 0 Å². The van der Waals surface area contributed by atoms with Gasteiger partial charge in [-0.3, -0.25) is 4.98 Å². The predicted octanol–water partition coefficient (Wildman–Crippen LogP) is 17.1. The minimum absolute atomic E-state index is 0.0593. The molecule has 0 amide bonds. The Bertz CT molecular complexity index is 3960. The summed E-state index contributed by atoms with van der Waals surface area (Å²) in [6.45, 7) is 0. The summed E-state index contributed by atoms with van der Waals surface area (Å²) in [6.07, 6.45) is 3.80. The molecule has 1 unspecified atom stereocenters. The van der Waals surface area contributed by atoms with E-state index < -0.39 is 0 Å². The van der Waals surface area contributed by atoms with E-state index in [-0.39, 0.29) is 5.92 Å². The maximum absolute atomic E-state index is 9.83. The Balaban J connectivity index is 1.00. The van der Waals surface area contributed by atoms with Crippen molar-refractivity contribution in [1.29, 1.82) is 5.26 Å². The first-order chi connectivity index (χ1) is 33.2. The fraction of sp³-hybridized carbons (Fsp3) is 0.0154. The molecule has 310 valence electrons. The van der Waals surface area contributed by atoms with Crippen LogP contribution in [0.15, 0.2) is 237 Å². The van der Waals surface area contributed by atoms with Crippen LogP contribution in [0.2, 0.25) is 0 Å². The Kier molecular flexibility index (Phi) is 9.01. The topological polar surface area (TPSA) is 36.7 Å². The molecule has 2 nitrogen and oxygen atoms in total. The van der Waals surface area contributed by atoms with E-state index in [1.807, 2.05) is 24.5 Å². The van der Waals surface area contributed by atoms with Crippen LogP contribution in [0.5, 0.6) is 0 Å². The Morgan fingerprint density at radius 1 is 0.343 bits per heavy atom. The van der Waals surface area contributed by atoms with E-state index in [9.17, 15) is 5.26 Å². The highest BCUT2D eigenvalue weighted by Crippen LogP contribution is 2.51. The standard InChI is InChI=1S/C65H40N2/c66-39-41-22-30-53-54-31-27-47(36-60(54)63(59(53)35-41)46-13-2-1-3-14-46)42-23-25-43(26-24-42)48-28-32-57-61(37-48)64(55-20-8-15-44-11-4-6-18-51(44)55)58-33-29-49(50-17-10-34-67-40-50)38-62(58)65(57)56-21-9-16-45-12-5-7-19-52(45)56/h1-38,40,63H. The SMILES string of the molecule is N#Cc1ccc2c(c1)C(c1ccccc1)c1cc(-c3ccc(-c4ccc5c(-c6cccc7ccccc67)c6cc(-c7cccnc7)ccc6c(-c6cccc7ccccc67)c5c4)cc3)ccc1-2. The van der Waals surface area contributed by atoms with Gasteiger partial charge in [0, 0.05) is 23.9 Å². The Morgan fingerprint density at radius 2 is 0.851 bits per heavy atom. The Hall–Kier alpha value is -8.90. The maximum Gasteiger partial charge on any atom is 0.0991 e. The van der Waals surface area contributed by atoms with Crippen LogP contribution in [0.25, 0.3) is 110 Å². The lowest BCUT2D eigenvalue weighted by molar-refractivity contribution is 1.01. The minimum atomic E-state index is 0.0593. The van der Waals surface area contributed by atoms with Gasteiger partial charge in [0.2, 0.25) is 0 Å². The number of nitrogens with zero attached hydrogens (tertiary/aromatic N) is 2. The second-order valence-electron chi connectivity index (χ2n) is 17.7. The molecule has 0 spiro atoms. The second-order valence-corrected chi connectivity index (χ2v) is 17.7. The highest BCUT2D eigenvalue weighted by Gasteiger charge is 2.31. The first kappa shape index (κ1) is 38.5. The van der Waals surface area contributed by atoms with Crippen LogP contribution in [0.1, 0.15) is 28.2 Å². The lowest BCUT2D eigenvalue weighted by atomic mass is 9.82. The normalized spacial score (nSPS) is 12.9. The number of nitriles is 1. The molecule has 0 N–H and O–H groups in total. The fourth-order valence-corrected chi connectivity index (χ4v) is 11.0. The average Bonchev–Trinajstić information content (AvgIpc) is 3.73. The van der Waals surface area contributed by atoms with E-state index in [1.165, 1.54) is 98.7 Å². The highest BCUT2D eigenvalue weighted by atomic mass is 14.6. The lowest BCUT2D eigenvalue weighted by Crippen LogP contribution is -1.99. The molecule has 0 bridgehead atoms. The van der Waals surface area contributed by atoms with Gasteiger partial charge in [0.15, 0.2) is 0 Å². The van der Waals surface area contributed by atoms with Crippen molar-refractivity contribution in [3.05, 3.63) is 259 Å². The van der Waals surface area contributed by atoms with Crippen molar-refractivity contribution in [3.8, 4) is 72.8 Å². The van der Waals surface area contributed by atoms with Crippen molar-refractivity contribution in [2.45, 2.75) is 5.92 Å². The smallest absolute Gasteiger partial charge is 0.0991 e. The number of fused-ring (bicyclic) bond motifs is 7. The number of hydrogen-bond donors (Lipinski definition) is 0. The van der Waals surface area contributed by atoms with Gasteiger partial charge in [-0.05, 0) is 157 Å². The highest BCUT2D eigenvalue weighted by molar-refractivity contribution is 6.26. The van der Waals surface area contributed by atoms with Crippen molar-refractivity contribution >= 4 is 43.1 Å². The zero-order valence-electron chi connectivity index (χ0n) is 36.5. The van der Waals surface area contributed by atoms with Crippen LogP contribution >= 0.6 is 0 Å². The van der Waals surface area contributed by atoms with E-state index >= 15 is 0 Å². The molecule has 0 saturated heterocycles. The second kappa shape index (κ2) is 15.7. The van der Waals surface area contributed by atoms with E-state index in [2.05, 4.69) is 223 Å². The fourth-order valence-electron chi connectivity index (χ4n) is 11.0. The molecule has 12 aromatic rings. The molecule has 0 saturated carbocycles. The molecule has 1 atom stereocenters. The van der Waals surface area contributed by atoms with E-state index in [0.717, 1.165) is 27.8 Å². The summed E-state index contributed by atoms with van der Waals surface area (Å²) < 4.78 is 0. The monoisotopic (exact) mass is 848 g/mol. The number of hydrogen-bond acceptors (Lipinski definition) is 2. The van der Waals surface area contributed by atoms with Gasteiger partial charge in [-0.15, -0.1) is 0 Å². The van der Waals surface area contributed by atoms with Crippen LogP contribution in [0.3, 0.4) is 0 Å². The summed E-state index contributed by atoms with van der Waals surface area (Å²) in [5.41, 5.74) is 18.6. The summed E-state index contributed by atoms with van der Waals surface area (Å²) in [4.78, 5) is 4.51. The van der Waals surface area contributed by atoms with Crippen LogP contribution in [0.4, 0.5) is 0 Å². The van der Waals surface area contributed by atoms with Gasteiger partial charge in [0.05, 0.1) is 11.6 Å². The molecule has 2 heteroatoms. The van der Waals surface area contributed by atoms with Gasteiger partial charge < -0.3 is 0 Å². The van der Waals surface area contributed by atoms with Gasteiger partial charge in [0.1, 0.15) is 0 Å². The van der Waals surface area contributed by atoms with Crippen molar-refractivity contribution in [3.63, 3.8) is 0 Å². The van der Waals surface area contributed by atoms with Gasteiger partial charge in [-0.2, -0.15) is 5.26 Å². The lowest BCUT2D eigenvalue weighted by Gasteiger charge is -2.21. The molecular weight excluding hydrogens is 809 g/mol. The van der Waals surface area contributed by atoms with Crippen LogP contribution < -0.4 is 0 Å². The third-order valence-corrected chi connectivity index (χ3v) is 14.1. The molecule has 0 aliphatic heterocycles. The Labute approximate surface area is 389 Å². The molecular formula is C65H40N2. The van der Waals surface area contributed by atoms with E-state index in [1.54, 1.807) is 0 Å². The van der Waals surface area contributed by atoms with Gasteiger partial charge >= 0.3 is 0 Å². The zero-order valence-corrected chi connectivity index (χ0v) is 36.5.